The zero-order valence-electron chi connectivity index (χ0n) is 33.4. The number of unbranched alkanes of at least 4 members (excludes halogenated alkanes) is 1. The van der Waals surface area contributed by atoms with E-state index in [0.717, 1.165) is 75.7 Å². The fourth-order valence-electron chi connectivity index (χ4n) is 7.26. The number of fused-ring (bicyclic) bond motifs is 3. The predicted molar refractivity (Wildman–Crippen MR) is 223 cm³/mol. The van der Waals surface area contributed by atoms with Crippen LogP contribution < -0.4 is 31.9 Å². The summed E-state index contributed by atoms with van der Waals surface area (Å²) >= 11 is 0. The Morgan fingerprint density at radius 1 is 0.850 bits per heavy atom. The second-order valence-electron chi connectivity index (χ2n) is 14.6. The molecule has 314 valence electrons. The highest BCUT2D eigenvalue weighted by molar-refractivity contribution is 5.99. The zero-order chi connectivity index (χ0) is 41.3. The highest BCUT2D eigenvalue weighted by Crippen LogP contribution is 2.32. The molecule has 0 radical (unpaired) electrons. The SMILES string of the molecule is Nc1nc2cc(-c3nn(CCCCNC(=O)CCOCCOCCCC(=O)c4cnc(N5CCN(c6ncc7c(n6)CCNC7)CC5)nc4)c4ncnc(N)c34)ccc2o1. The molecule has 1 fully saturated rings. The van der Waals surface area contributed by atoms with Gasteiger partial charge < -0.3 is 45.8 Å². The molecule has 7 heterocycles. The van der Waals surface area contributed by atoms with Gasteiger partial charge in [0.1, 0.15) is 23.4 Å². The molecule has 0 atom stereocenters. The summed E-state index contributed by atoms with van der Waals surface area (Å²) in [6.45, 7) is 7.34. The van der Waals surface area contributed by atoms with Crippen molar-refractivity contribution < 1.29 is 23.5 Å². The minimum atomic E-state index is -0.0839. The first kappa shape index (κ1) is 40.4. The minimum Gasteiger partial charge on any atom is -0.424 e. The molecule has 6 aromatic rings. The molecule has 2 aliphatic heterocycles. The number of nitrogens with zero attached hydrogens (tertiary/aromatic N) is 11. The van der Waals surface area contributed by atoms with Crippen molar-refractivity contribution >= 4 is 57.6 Å². The van der Waals surface area contributed by atoms with Crippen molar-refractivity contribution in [3.05, 3.63) is 59.9 Å². The number of aryl methyl sites for hydroxylation is 1. The fourth-order valence-corrected chi connectivity index (χ4v) is 7.26. The van der Waals surface area contributed by atoms with Crippen LogP contribution >= 0.6 is 0 Å². The number of carbonyl (C=O) groups excluding carboxylic acids is 2. The molecule has 60 heavy (non-hydrogen) atoms. The standard InChI is InChI=1S/C40H49N15O5/c41-36-34-35(26-5-6-32-30(20-26)50-38(42)60-32)52-55(37(34)49-25-48-36)11-2-1-9-44-33(57)8-17-59-19-18-58-16-3-4-31(56)28-23-45-39(46-24-28)53-12-14-54(15-13-53)40-47-22-27-21-43-10-7-29(27)51-40/h5-6,20,22-25,43H,1-4,7-19,21H2,(H2,42,50)(H,44,57)(H2,41,48,49). The summed E-state index contributed by atoms with van der Waals surface area (Å²) in [7, 11) is 0. The van der Waals surface area contributed by atoms with E-state index in [-0.39, 0.29) is 30.7 Å². The summed E-state index contributed by atoms with van der Waals surface area (Å²) in [6, 6.07) is 5.60. The molecule has 8 rings (SSSR count). The number of aromatic nitrogens is 9. The number of Topliss-reactive ketones (excluding diaryl/α,β-unsaturated/α-hetero) is 1. The summed E-state index contributed by atoms with van der Waals surface area (Å²) in [4.78, 5) is 60.6. The number of oxazole rings is 1. The van der Waals surface area contributed by atoms with Crippen molar-refractivity contribution in [2.24, 2.45) is 0 Å². The zero-order valence-corrected chi connectivity index (χ0v) is 33.4. The number of ketones is 1. The number of ether oxygens (including phenoxy) is 2. The van der Waals surface area contributed by atoms with Crippen molar-refractivity contribution in [1.82, 2.24) is 55.3 Å². The molecule has 0 bridgehead atoms. The largest absolute Gasteiger partial charge is 0.424 e. The van der Waals surface area contributed by atoms with Gasteiger partial charge in [0.25, 0.3) is 6.01 Å². The Labute approximate surface area is 345 Å². The lowest BCUT2D eigenvalue weighted by Gasteiger charge is -2.35. The summed E-state index contributed by atoms with van der Waals surface area (Å²) in [5.74, 6) is 1.62. The van der Waals surface area contributed by atoms with Crippen molar-refractivity contribution in [2.45, 2.75) is 51.6 Å². The molecule has 0 aliphatic carbocycles. The van der Waals surface area contributed by atoms with Gasteiger partial charge in [0.15, 0.2) is 17.0 Å². The van der Waals surface area contributed by atoms with E-state index in [9.17, 15) is 9.59 Å². The van der Waals surface area contributed by atoms with Crippen LogP contribution in [-0.2, 0) is 33.8 Å². The number of nitrogens with two attached hydrogens (primary N) is 2. The third-order valence-corrected chi connectivity index (χ3v) is 10.5. The summed E-state index contributed by atoms with van der Waals surface area (Å²) < 4.78 is 18.4. The number of rotatable bonds is 19. The van der Waals surface area contributed by atoms with Gasteiger partial charge in [-0.1, -0.05) is 0 Å². The Balaban J connectivity index is 0.659. The number of anilines is 4. The second-order valence-corrected chi connectivity index (χ2v) is 14.6. The van der Waals surface area contributed by atoms with Crippen LogP contribution in [0.5, 0.6) is 0 Å². The maximum Gasteiger partial charge on any atom is 0.292 e. The summed E-state index contributed by atoms with van der Waals surface area (Å²) in [5.41, 5.74) is 18.0. The monoisotopic (exact) mass is 819 g/mol. The van der Waals surface area contributed by atoms with Crippen LogP contribution in [0.1, 0.15) is 53.7 Å². The van der Waals surface area contributed by atoms with Crippen LogP contribution in [0, 0.1) is 0 Å². The Bertz CT molecular complexity index is 2410. The first-order chi connectivity index (χ1) is 29.4. The van der Waals surface area contributed by atoms with Gasteiger partial charge in [-0.05, 0) is 37.5 Å². The molecule has 0 spiro atoms. The van der Waals surface area contributed by atoms with E-state index in [1.807, 2.05) is 23.0 Å². The number of benzene rings is 1. The first-order valence-corrected chi connectivity index (χ1v) is 20.4. The van der Waals surface area contributed by atoms with Crippen LogP contribution in [0.4, 0.5) is 23.7 Å². The molecule has 2 aliphatic rings. The van der Waals surface area contributed by atoms with Crippen LogP contribution in [0.25, 0.3) is 33.4 Å². The maximum atomic E-state index is 12.7. The van der Waals surface area contributed by atoms with E-state index in [1.165, 1.54) is 11.9 Å². The van der Waals surface area contributed by atoms with E-state index >= 15 is 0 Å². The molecule has 1 aromatic carbocycles. The lowest BCUT2D eigenvalue weighted by Crippen LogP contribution is -2.47. The lowest BCUT2D eigenvalue weighted by molar-refractivity contribution is -0.122. The third-order valence-electron chi connectivity index (χ3n) is 10.5. The number of amides is 1. The van der Waals surface area contributed by atoms with E-state index < -0.39 is 0 Å². The van der Waals surface area contributed by atoms with Gasteiger partial charge in [0.05, 0.1) is 36.5 Å². The Morgan fingerprint density at radius 3 is 2.47 bits per heavy atom. The quantitative estimate of drug-likeness (QED) is 0.0675. The van der Waals surface area contributed by atoms with E-state index in [1.54, 1.807) is 18.5 Å². The first-order valence-electron chi connectivity index (χ1n) is 20.4. The molecule has 20 heteroatoms. The van der Waals surface area contributed by atoms with Gasteiger partial charge in [0.2, 0.25) is 17.8 Å². The van der Waals surface area contributed by atoms with Gasteiger partial charge in [0, 0.05) is 108 Å². The van der Waals surface area contributed by atoms with Gasteiger partial charge in [-0.2, -0.15) is 10.1 Å². The van der Waals surface area contributed by atoms with Crippen molar-refractivity contribution in [2.75, 3.05) is 87.0 Å². The number of hydrogen-bond donors (Lipinski definition) is 4. The number of piperazine rings is 1. The third kappa shape index (κ3) is 9.73. The van der Waals surface area contributed by atoms with Crippen LogP contribution in [0.15, 0.2) is 47.5 Å². The lowest BCUT2D eigenvalue weighted by atomic mass is 10.1. The van der Waals surface area contributed by atoms with E-state index in [4.69, 9.17) is 35.4 Å². The molecule has 6 N–H and O–H groups in total. The fraction of sp³-hybridized carbons (Fsp3) is 0.450. The Kier molecular flexibility index (Phi) is 12.9. The van der Waals surface area contributed by atoms with Crippen molar-refractivity contribution in [3.63, 3.8) is 0 Å². The molecule has 5 aromatic heterocycles. The van der Waals surface area contributed by atoms with Crippen LogP contribution in [-0.4, -0.2) is 122 Å². The second kappa shape index (κ2) is 19.1. The average molecular weight is 820 g/mol. The maximum absolute atomic E-state index is 12.7. The van der Waals surface area contributed by atoms with E-state index in [0.29, 0.717) is 90.9 Å². The van der Waals surface area contributed by atoms with Gasteiger partial charge in [-0.15, -0.1) is 0 Å². The van der Waals surface area contributed by atoms with Crippen molar-refractivity contribution in [3.8, 4) is 11.3 Å². The molecular weight excluding hydrogens is 771 g/mol. The summed E-state index contributed by atoms with van der Waals surface area (Å²) in [5, 5.41) is 11.8. The van der Waals surface area contributed by atoms with E-state index in [2.05, 4.69) is 50.3 Å². The van der Waals surface area contributed by atoms with Crippen LogP contribution in [0.2, 0.25) is 0 Å². The molecule has 1 amide bonds. The topological polar surface area (TPSA) is 256 Å². The number of carbonyl (C=O) groups is 2. The summed E-state index contributed by atoms with van der Waals surface area (Å²) in [6.07, 6.45) is 10.1. The highest BCUT2D eigenvalue weighted by Gasteiger charge is 2.23. The Morgan fingerprint density at radius 2 is 1.63 bits per heavy atom. The number of nitrogen functional groups attached to an aromatic ring is 2. The molecule has 0 saturated carbocycles. The molecule has 0 unspecified atom stereocenters. The van der Waals surface area contributed by atoms with Crippen molar-refractivity contribution in [1.29, 1.82) is 0 Å². The number of nitrogens with one attached hydrogen (secondary N) is 2. The minimum absolute atomic E-state index is 0.0231. The Hall–Kier alpha value is -6.38. The van der Waals surface area contributed by atoms with Gasteiger partial charge in [-0.25, -0.2) is 34.6 Å². The van der Waals surface area contributed by atoms with Crippen LogP contribution in [0.3, 0.4) is 0 Å². The predicted octanol–water partition coefficient (Wildman–Crippen LogP) is 2.33. The molecular formula is C40H49N15O5. The molecule has 1 saturated heterocycles. The average Bonchev–Trinajstić information content (AvgIpc) is 3.85. The van der Waals surface area contributed by atoms with Gasteiger partial charge in [-0.3, -0.25) is 9.59 Å². The normalized spacial score (nSPS) is 14.2. The highest BCUT2D eigenvalue weighted by atomic mass is 16.5. The smallest absolute Gasteiger partial charge is 0.292 e. The van der Waals surface area contributed by atoms with Gasteiger partial charge >= 0.3 is 0 Å². The number of hydrogen-bond acceptors (Lipinski definition) is 18. The molecule has 20 nitrogen and oxygen atoms in total.